The van der Waals surface area contributed by atoms with Crippen LogP contribution in [0.25, 0.3) is 5.69 Å². The fourth-order valence-electron chi connectivity index (χ4n) is 4.51. The number of carbonyl (C=O) groups excluding carboxylic acids is 1. The summed E-state index contributed by atoms with van der Waals surface area (Å²) in [6, 6.07) is 9.22. The third-order valence-electron chi connectivity index (χ3n) is 6.54. The van der Waals surface area contributed by atoms with Gasteiger partial charge in [0.15, 0.2) is 0 Å². The highest BCUT2D eigenvalue weighted by Gasteiger charge is 2.32. The Kier molecular flexibility index (Phi) is 10.7. The Morgan fingerprint density at radius 3 is 2.31 bits per heavy atom. The highest BCUT2D eigenvalue weighted by molar-refractivity contribution is 5.95. The molecule has 0 radical (unpaired) electrons. The van der Waals surface area contributed by atoms with Crippen molar-refractivity contribution in [2.75, 3.05) is 0 Å². The number of nitrogens with zero attached hydrogens (tertiary/aromatic N) is 3. The Hall–Kier alpha value is -3.97. The number of aliphatic hydroxyl groups is 2. The molecule has 0 aliphatic rings. The van der Waals surface area contributed by atoms with E-state index in [4.69, 9.17) is 5.11 Å². The van der Waals surface area contributed by atoms with E-state index in [9.17, 15) is 37.4 Å². The normalized spacial score (nSPS) is 13.2. The molecule has 0 bridgehead atoms. The van der Waals surface area contributed by atoms with Crippen molar-refractivity contribution in [3.63, 3.8) is 0 Å². The third kappa shape index (κ3) is 9.02. The highest BCUT2D eigenvalue weighted by Crippen LogP contribution is 2.28. The van der Waals surface area contributed by atoms with Crippen molar-refractivity contribution in [1.29, 1.82) is 0 Å². The maximum atomic E-state index is 13.9. The zero-order valence-electron chi connectivity index (χ0n) is 23.3. The van der Waals surface area contributed by atoms with Crippen molar-refractivity contribution >= 4 is 11.9 Å². The predicted molar refractivity (Wildman–Crippen MR) is 144 cm³/mol. The first-order chi connectivity index (χ1) is 19.6. The molecule has 0 aliphatic heterocycles. The van der Waals surface area contributed by atoms with Gasteiger partial charge in [-0.3, -0.25) is 9.59 Å². The van der Waals surface area contributed by atoms with Gasteiger partial charge in [0.25, 0.3) is 5.91 Å². The molecule has 2 atom stereocenters. The van der Waals surface area contributed by atoms with E-state index < -0.39 is 42.7 Å². The first kappa shape index (κ1) is 32.5. The summed E-state index contributed by atoms with van der Waals surface area (Å²) in [6.45, 7) is 5.09. The SMILES string of the molecule is Cc1cc(CN(C(=O)c2cnn(-c3ccc(F)cc3)c2CC[C@@H](O)C[C@@H](O)CC(=O)O)C(C)C)ccc1OC(F)(F)F. The maximum absolute atomic E-state index is 13.9. The van der Waals surface area contributed by atoms with Crippen LogP contribution in [0.4, 0.5) is 17.6 Å². The summed E-state index contributed by atoms with van der Waals surface area (Å²) >= 11 is 0. The van der Waals surface area contributed by atoms with Gasteiger partial charge in [0, 0.05) is 12.6 Å². The lowest BCUT2D eigenvalue weighted by molar-refractivity contribution is -0.274. The molecule has 13 heteroatoms. The second-order valence-corrected chi connectivity index (χ2v) is 10.2. The minimum absolute atomic E-state index is 0.0609. The Morgan fingerprint density at radius 1 is 1.07 bits per heavy atom. The molecule has 3 aromatic rings. The fourth-order valence-corrected chi connectivity index (χ4v) is 4.51. The monoisotopic (exact) mass is 595 g/mol. The van der Waals surface area contributed by atoms with Crippen LogP contribution in [0.2, 0.25) is 0 Å². The Labute approximate surface area is 240 Å². The molecule has 0 saturated carbocycles. The van der Waals surface area contributed by atoms with Gasteiger partial charge in [-0.1, -0.05) is 12.1 Å². The third-order valence-corrected chi connectivity index (χ3v) is 6.54. The molecule has 1 heterocycles. The molecule has 9 nitrogen and oxygen atoms in total. The second-order valence-electron chi connectivity index (χ2n) is 10.2. The number of hydrogen-bond donors (Lipinski definition) is 3. The highest BCUT2D eigenvalue weighted by atomic mass is 19.4. The van der Waals surface area contributed by atoms with Gasteiger partial charge < -0.3 is 25.0 Å². The topological polar surface area (TPSA) is 125 Å². The van der Waals surface area contributed by atoms with E-state index in [1.165, 1.54) is 65.2 Å². The smallest absolute Gasteiger partial charge is 0.481 e. The van der Waals surface area contributed by atoms with E-state index in [1.807, 2.05) is 0 Å². The van der Waals surface area contributed by atoms with Gasteiger partial charge in [0.1, 0.15) is 11.6 Å². The summed E-state index contributed by atoms with van der Waals surface area (Å²) in [5.74, 6) is -2.45. The van der Waals surface area contributed by atoms with Crippen LogP contribution in [-0.4, -0.2) is 66.5 Å². The Balaban J connectivity index is 1.90. The number of aliphatic hydroxyl groups excluding tert-OH is 2. The van der Waals surface area contributed by atoms with Gasteiger partial charge in [0.2, 0.25) is 0 Å². The minimum Gasteiger partial charge on any atom is -0.481 e. The lowest BCUT2D eigenvalue weighted by Gasteiger charge is -2.27. The van der Waals surface area contributed by atoms with Crippen LogP contribution in [0, 0.1) is 12.7 Å². The first-order valence-corrected chi connectivity index (χ1v) is 13.2. The van der Waals surface area contributed by atoms with Gasteiger partial charge in [-0.15, -0.1) is 13.2 Å². The number of benzene rings is 2. The van der Waals surface area contributed by atoms with Crippen LogP contribution in [-0.2, 0) is 17.8 Å². The predicted octanol–water partition coefficient (Wildman–Crippen LogP) is 4.79. The van der Waals surface area contributed by atoms with Crippen LogP contribution in [0.1, 0.15) is 60.3 Å². The maximum Gasteiger partial charge on any atom is 0.573 e. The number of carbonyl (C=O) groups is 2. The number of aromatic nitrogens is 2. The van der Waals surface area contributed by atoms with Crippen molar-refractivity contribution in [2.24, 2.45) is 0 Å². The van der Waals surface area contributed by atoms with E-state index >= 15 is 0 Å². The molecule has 0 saturated heterocycles. The summed E-state index contributed by atoms with van der Waals surface area (Å²) in [5.41, 5.74) is 1.86. The summed E-state index contributed by atoms with van der Waals surface area (Å²) in [4.78, 5) is 26.2. The zero-order chi connectivity index (χ0) is 31.2. The fraction of sp³-hybridized carbons (Fsp3) is 0.414. The van der Waals surface area contributed by atoms with E-state index in [0.717, 1.165) is 0 Å². The van der Waals surface area contributed by atoms with Gasteiger partial charge in [-0.25, -0.2) is 9.07 Å². The van der Waals surface area contributed by atoms with Crippen LogP contribution in [0.3, 0.4) is 0 Å². The average molecular weight is 596 g/mol. The molecular formula is C29H33F4N3O6. The van der Waals surface area contributed by atoms with Crippen LogP contribution < -0.4 is 4.74 Å². The number of hydrogen-bond acceptors (Lipinski definition) is 6. The lowest BCUT2D eigenvalue weighted by atomic mass is 10.0. The average Bonchev–Trinajstić information content (AvgIpc) is 3.30. The molecule has 0 aliphatic carbocycles. The Morgan fingerprint density at radius 2 is 1.74 bits per heavy atom. The zero-order valence-corrected chi connectivity index (χ0v) is 23.3. The van der Waals surface area contributed by atoms with Crippen molar-refractivity contribution in [3.05, 3.63) is 76.9 Å². The van der Waals surface area contributed by atoms with Gasteiger partial charge in [0.05, 0.1) is 41.8 Å². The largest absolute Gasteiger partial charge is 0.573 e. The molecule has 3 N–H and O–H groups in total. The lowest BCUT2D eigenvalue weighted by Crippen LogP contribution is -2.37. The molecule has 3 rings (SSSR count). The van der Waals surface area contributed by atoms with Crippen molar-refractivity contribution in [1.82, 2.24) is 14.7 Å². The van der Waals surface area contributed by atoms with Crippen LogP contribution in [0.5, 0.6) is 5.75 Å². The Bertz CT molecular complexity index is 1370. The number of ether oxygens (including phenoxy) is 1. The molecule has 1 aromatic heterocycles. The molecule has 228 valence electrons. The molecule has 1 amide bonds. The summed E-state index contributed by atoms with van der Waals surface area (Å²) in [5, 5.41) is 33.6. The summed E-state index contributed by atoms with van der Waals surface area (Å²) in [7, 11) is 0. The number of aryl methyl sites for hydroxylation is 1. The van der Waals surface area contributed by atoms with E-state index in [1.54, 1.807) is 13.8 Å². The van der Waals surface area contributed by atoms with E-state index in [-0.39, 0.29) is 48.7 Å². The molecule has 0 fully saturated rings. The molecule has 0 unspecified atom stereocenters. The second kappa shape index (κ2) is 13.8. The number of rotatable bonds is 13. The van der Waals surface area contributed by atoms with Gasteiger partial charge in [-0.2, -0.15) is 5.10 Å². The van der Waals surface area contributed by atoms with Crippen molar-refractivity contribution in [3.8, 4) is 11.4 Å². The van der Waals surface area contributed by atoms with E-state index in [0.29, 0.717) is 16.9 Å². The summed E-state index contributed by atoms with van der Waals surface area (Å²) < 4.78 is 57.1. The molecular weight excluding hydrogens is 562 g/mol. The molecule has 2 aromatic carbocycles. The number of carboxylic acid groups (broad SMARTS) is 1. The number of alkyl halides is 3. The van der Waals surface area contributed by atoms with Gasteiger partial charge in [-0.05, 0) is 81.5 Å². The van der Waals surface area contributed by atoms with Crippen molar-refractivity contribution in [2.45, 2.75) is 77.6 Å². The van der Waals surface area contributed by atoms with Crippen LogP contribution >= 0.6 is 0 Å². The summed E-state index contributed by atoms with van der Waals surface area (Å²) in [6.07, 6.45) is -6.37. The first-order valence-electron chi connectivity index (χ1n) is 13.2. The van der Waals surface area contributed by atoms with Gasteiger partial charge >= 0.3 is 12.3 Å². The number of amides is 1. The molecule has 42 heavy (non-hydrogen) atoms. The number of aliphatic carboxylic acids is 1. The number of halogens is 4. The number of carboxylic acids is 1. The quantitative estimate of drug-likeness (QED) is 0.243. The van der Waals surface area contributed by atoms with Crippen molar-refractivity contribution < 1.29 is 47.2 Å². The molecule has 0 spiro atoms. The van der Waals surface area contributed by atoms with Crippen LogP contribution in [0.15, 0.2) is 48.7 Å². The minimum atomic E-state index is -4.84. The van der Waals surface area contributed by atoms with E-state index in [2.05, 4.69) is 9.84 Å². The standard InChI is InChI=1S/C29H33F4N3O6/c1-17(2)35(16-19-4-11-26(18(3)12-19)42-29(31,32)33)28(41)24-15-34-36(21-7-5-20(30)6-8-21)25(24)10-9-22(37)13-23(38)14-27(39)40/h4-8,11-12,15,17,22-23,37-38H,9-10,13-14,16H2,1-3H3,(H,39,40)/t22-,23-/m1/s1.